The number of aromatic amines is 1. The number of aromatic nitrogens is 2. The van der Waals surface area contributed by atoms with Gasteiger partial charge in [0.05, 0.1) is 0 Å². The van der Waals surface area contributed by atoms with E-state index in [9.17, 15) is 9.59 Å². The summed E-state index contributed by atoms with van der Waals surface area (Å²) in [7, 11) is 0. The first-order valence-electron chi connectivity index (χ1n) is 5.18. The van der Waals surface area contributed by atoms with E-state index in [1.807, 2.05) is 6.92 Å². The van der Waals surface area contributed by atoms with Crippen molar-refractivity contribution in [1.29, 1.82) is 0 Å². The molecule has 1 aliphatic rings. The van der Waals surface area contributed by atoms with Crippen molar-refractivity contribution in [1.82, 2.24) is 9.55 Å². The maximum absolute atomic E-state index is 11.5. The minimum absolute atomic E-state index is 0.209. The Bertz CT molecular complexity index is 454. The molecule has 1 fully saturated rings. The largest absolute Gasteiger partial charge is 0.358 e. The van der Waals surface area contributed by atoms with Gasteiger partial charge < -0.3 is 4.74 Å². The van der Waals surface area contributed by atoms with Crippen LogP contribution in [0.1, 0.15) is 31.6 Å². The lowest BCUT2D eigenvalue weighted by molar-refractivity contribution is 0.0524. The first-order valence-corrected chi connectivity index (χ1v) is 5.18. The first-order chi connectivity index (χ1) is 7.22. The van der Waals surface area contributed by atoms with Crippen molar-refractivity contribution in [2.75, 3.05) is 6.61 Å². The number of hydrogen-bond acceptors (Lipinski definition) is 3. The average Bonchev–Trinajstić information content (AvgIpc) is 2.71. The van der Waals surface area contributed by atoms with E-state index >= 15 is 0 Å². The third-order valence-corrected chi connectivity index (χ3v) is 2.64. The summed E-state index contributed by atoms with van der Waals surface area (Å²) in [5, 5.41) is 0. The van der Waals surface area contributed by atoms with Crippen molar-refractivity contribution in [2.24, 2.45) is 0 Å². The molecule has 2 rings (SSSR count). The normalized spacial score (nSPS) is 20.7. The SMILES string of the molecule is CCc1cn(C2CCCO2)c(=O)[nH]c1=O. The van der Waals surface area contributed by atoms with Gasteiger partial charge in [-0.3, -0.25) is 14.3 Å². The second kappa shape index (κ2) is 4.02. The summed E-state index contributed by atoms with van der Waals surface area (Å²) in [6, 6.07) is 0. The van der Waals surface area contributed by atoms with Gasteiger partial charge >= 0.3 is 5.69 Å². The maximum Gasteiger partial charge on any atom is 0.330 e. The molecule has 5 heteroatoms. The quantitative estimate of drug-likeness (QED) is 0.768. The third kappa shape index (κ3) is 1.87. The van der Waals surface area contributed by atoms with Crippen molar-refractivity contribution < 1.29 is 4.74 Å². The zero-order valence-corrected chi connectivity index (χ0v) is 8.66. The predicted molar refractivity (Wildman–Crippen MR) is 54.9 cm³/mol. The zero-order chi connectivity index (χ0) is 10.8. The molecule has 1 aromatic rings. The Morgan fingerprint density at radius 2 is 2.40 bits per heavy atom. The molecule has 1 aromatic heterocycles. The van der Waals surface area contributed by atoms with Crippen LogP contribution in [0.3, 0.4) is 0 Å². The summed E-state index contributed by atoms with van der Waals surface area (Å²) in [4.78, 5) is 25.2. The van der Waals surface area contributed by atoms with E-state index in [1.54, 1.807) is 6.20 Å². The summed E-state index contributed by atoms with van der Waals surface area (Å²) in [6.45, 7) is 2.56. The molecule has 0 saturated carbocycles. The van der Waals surface area contributed by atoms with Crippen molar-refractivity contribution in [3.63, 3.8) is 0 Å². The fourth-order valence-electron chi connectivity index (χ4n) is 1.77. The molecule has 2 heterocycles. The Morgan fingerprint density at radius 1 is 1.60 bits per heavy atom. The van der Waals surface area contributed by atoms with Gasteiger partial charge in [-0.25, -0.2) is 4.79 Å². The van der Waals surface area contributed by atoms with Crippen LogP contribution < -0.4 is 11.2 Å². The average molecular weight is 210 g/mol. The van der Waals surface area contributed by atoms with Gasteiger partial charge in [0, 0.05) is 18.4 Å². The van der Waals surface area contributed by atoms with Gasteiger partial charge in [-0.15, -0.1) is 0 Å². The van der Waals surface area contributed by atoms with E-state index in [1.165, 1.54) is 4.57 Å². The highest BCUT2D eigenvalue weighted by atomic mass is 16.5. The summed E-state index contributed by atoms with van der Waals surface area (Å²) in [5.41, 5.74) is -0.0639. The van der Waals surface area contributed by atoms with Gasteiger partial charge in [0.1, 0.15) is 6.23 Å². The number of rotatable bonds is 2. The molecule has 0 bridgehead atoms. The Hall–Kier alpha value is -1.36. The highest BCUT2D eigenvalue weighted by Gasteiger charge is 2.19. The second-order valence-corrected chi connectivity index (χ2v) is 3.64. The van der Waals surface area contributed by atoms with E-state index in [4.69, 9.17) is 4.74 Å². The Balaban J connectivity index is 2.46. The summed E-state index contributed by atoms with van der Waals surface area (Å²) >= 11 is 0. The van der Waals surface area contributed by atoms with Gasteiger partial charge in [-0.1, -0.05) is 6.92 Å². The van der Waals surface area contributed by atoms with Gasteiger partial charge in [-0.05, 0) is 19.3 Å². The van der Waals surface area contributed by atoms with Gasteiger partial charge in [0.25, 0.3) is 5.56 Å². The molecule has 0 radical (unpaired) electrons. The molecular formula is C10H14N2O3. The topological polar surface area (TPSA) is 64.1 Å². The Kier molecular flexibility index (Phi) is 2.73. The lowest BCUT2D eigenvalue weighted by Crippen LogP contribution is -2.33. The maximum atomic E-state index is 11.5. The molecule has 1 atom stereocenters. The molecule has 0 aliphatic carbocycles. The molecule has 0 spiro atoms. The highest BCUT2D eigenvalue weighted by molar-refractivity contribution is 5.04. The number of hydrogen-bond donors (Lipinski definition) is 1. The molecule has 1 saturated heterocycles. The fraction of sp³-hybridized carbons (Fsp3) is 0.600. The van der Waals surface area contributed by atoms with E-state index in [0.29, 0.717) is 18.6 Å². The van der Waals surface area contributed by atoms with Crippen LogP contribution in [-0.4, -0.2) is 16.2 Å². The second-order valence-electron chi connectivity index (χ2n) is 3.64. The minimum Gasteiger partial charge on any atom is -0.358 e. The summed E-state index contributed by atoms with van der Waals surface area (Å²) in [6.07, 6.45) is 3.80. The number of H-pyrrole nitrogens is 1. The van der Waals surface area contributed by atoms with Gasteiger partial charge in [0.2, 0.25) is 0 Å². The number of ether oxygens (including phenoxy) is 1. The van der Waals surface area contributed by atoms with Crippen LogP contribution in [0.2, 0.25) is 0 Å². The summed E-state index contributed by atoms with van der Waals surface area (Å²) in [5.74, 6) is 0. The Labute approximate surface area is 86.7 Å². The van der Waals surface area contributed by atoms with Gasteiger partial charge in [0.15, 0.2) is 0 Å². The predicted octanol–water partition coefficient (Wildman–Crippen LogP) is 0.408. The molecule has 0 amide bonds. The summed E-state index contributed by atoms with van der Waals surface area (Å²) < 4.78 is 6.88. The minimum atomic E-state index is -0.385. The monoisotopic (exact) mass is 210 g/mol. The molecule has 1 N–H and O–H groups in total. The van der Waals surface area contributed by atoms with Crippen LogP contribution in [0, 0.1) is 0 Å². The lowest BCUT2D eigenvalue weighted by atomic mass is 10.2. The van der Waals surface area contributed by atoms with E-state index in [0.717, 1.165) is 12.8 Å². The van der Waals surface area contributed by atoms with E-state index in [-0.39, 0.29) is 17.5 Å². The number of nitrogens with one attached hydrogen (secondary N) is 1. The third-order valence-electron chi connectivity index (χ3n) is 2.64. The highest BCUT2D eigenvalue weighted by Crippen LogP contribution is 2.20. The van der Waals surface area contributed by atoms with Crippen LogP contribution in [-0.2, 0) is 11.2 Å². The number of nitrogens with zero attached hydrogens (tertiary/aromatic N) is 1. The van der Waals surface area contributed by atoms with Crippen molar-refractivity contribution >= 4 is 0 Å². The molecule has 1 aliphatic heterocycles. The van der Waals surface area contributed by atoms with Crippen molar-refractivity contribution in [2.45, 2.75) is 32.4 Å². The van der Waals surface area contributed by atoms with E-state index in [2.05, 4.69) is 4.98 Å². The molecule has 1 unspecified atom stereocenters. The Morgan fingerprint density at radius 3 is 3.00 bits per heavy atom. The molecule has 5 nitrogen and oxygen atoms in total. The van der Waals surface area contributed by atoms with Crippen LogP contribution in [0.5, 0.6) is 0 Å². The van der Waals surface area contributed by atoms with Crippen molar-refractivity contribution in [3.8, 4) is 0 Å². The van der Waals surface area contributed by atoms with Crippen molar-refractivity contribution in [3.05, 3.63) is 32.6 Å². The molecule has 15 heavy (non-hydrogen) atoms. The number of aryl methyl sites for hydroxylation is 1. The van der Waals surface area contributed by atoms with Crippen LogP contribution in [0.15, 0.2) is 15.8 Å². The van der Waals surface area contributed by atoms with Crippen LogP contribution >= 0.6 is 0 Å². The molecular weight excluding hydrogens is 196 g/mol. The smallest absolute Gasteiger partial charge is 0.330 e. The van der Waals surface area contributed by atoms with Gasteiger partial charge in [-0.2, -0.15) is 0 Å². The van der Waals surface area contributed by atoms with Crippen LogP contribution in [0.25, 0.3) is 0 Å². The van der Waals surface area contributed by atoms with Crippen LogP contribution in [0.4, 0.5) is 0 Å². The lowest BCUT2D eigenvalue weighted by Gasteiger charge is -2.13. The van der Waals surface area contributed by atoms with E-state index < -0.39 is 0 Å². The fourth-order valence-corrected chi connectivity index (χ4v) is 1.77. The zero-order valence-electron chi connectivity index (χ0n) is 8.66. The molecule has 0 aromatic carbocycles. The molecule has 82 valence electrons. The first kappa shape index (κ1) is 10.2. The standard InChI is InChI=1S/C10H14N2O3/c1-2-7-6-12(8-4-3-5-15-8)10(14)11-9(7)13/h6,8H,2-5H2,1H3,(H,11,13,14).